The molecule has 1 aromatic rings. The number of halogens is 3. The molecule has 0 N–H and O–H groups in total. The van der Waals surface area contributed by atoms with Gasteiger partial charge in [0.15, 0.2) is 11.5 Å². The lowest BCUT2D eigenvalue weighted by molar-refractivity contribution is -0.138. The average Bonchev–Trinajstić information content (AvgIpc) is 2.33. The molecule has 0 aliphatic rings. The van der Waals surface area contributed by atoms with Gasteiger partial charge in [0.2, 0.25) is 0 Å². The first-order chi connectivity index (χ1) is 8.43. The van der Waals surface area contributed by atoms with E-state index < -0.39 is 11.7 Å². The summed E-state index contributed by atoms with van der Waals surface area (Å²) in [7, 11) is 2.51. The SMILES string of the molecule is COc1cc(CCCS)cc(C(F)(F)F)c1OC. The van der Waals surface area contributed by atoms with Gasteiger partial charge in [0.1, 0.15) is 5.56 Å². The van der Waals surface area contributed by atoms with Crippen LogP contribution in [0.15, 0.2) is 12.1 Å². The molecule has 0 fully saturated rings. The maximum Gasteiger partial charge on any atom is 0.420 e. The molecule has 0 atom stereocenters. The summed E-state index contributed by atoms with van der Waals surface area (Å²) in [5.74, 6) is 0.441. The van der Waals surface area contributed by atoms with Gasteiger partial charge in [-0.05, 0) is 36.3 Å². The van der Waals surface area contributed by atoms with Crippen LogP contribution >= 0.6 is 12.6 Å². The van der Waals surface area contributed by atoms with Crippen LogP contribution in [0, 0.1) is 0 Å². The van der Waals surface area contributed by atoms with Crippen LogP contribution in [-0.2, 0) is 12.6 Å². The Morgan fingerprint density at radius 3 is 2.28 bits per heavy atom. The minimum atomic E-state index is -4.46. The van der Waals surface area contributed by atoms with E-state index in [2.05, 4.69) is 12.6 Å². The predicted molar refractivity (Wildman–Crippen MR) is 66.7 cm³/mol. The number of methoxy groups -OCH3 is 2. The lowest BCUT2D eigenvalue weighted by atomic mass is 10.0. The van der Waals surface area contributed by atoms with Gasteiger partial charge >= 0.3 is 6.18 Å². The number of hydrogen-bond donors (Lipinski definition) is 1. The van der Waals surface area contributed by atoms with Crippen LogP contribution in [0.4, 0.5) is 13.2 Å². The number of thiol groups is 1. The first-order valence-corrected chi connectivity index (χ1v) is 6.00. The highest BCUT2D eigenvalue weighted by Gasteiger charge is 2.36. The fourth-order valence-corrected chi connectivity index (χ4v) is 1.82. The second-order valence-electron chi connectivity index (χ2n) is 3.70. The van der Waals surface area contributed by atoms with E-state index >= 15 is 0 Å². The molecule has 0 heterocycles. The van der Waals surface area contributed by atoms with Gasteiger partial charge in [0, 0.05) is 0 Å². The second kappa shape index (κ2) is 6.22. The molecule has 0 spiro atoms. The Hall–Kier alpha value is -1.04. The average molecular weight is 280 g/mol. The van der Waals surface area contributed by atoms with Crippen LogP contribution in [0.1, 0.15) is 17.5 Å². The molecule has 6 heteroatoms. The Labute approximate surface area is 109 Å². The second-order valence-corrected chi connectivity index (χ2v) is 4.15. The molecular weight excluding hydrogens is 265 g/mol. The van der Waals surface area contributed by atoms with Crippen molar-refractivity contribution in [3.8, 4) is 11.5 Å². The lowest BCUT2D eigenvalue weighted by Gasteiger charge is -2.16. The van der Waals surface area contributed by atoms with Gasteiger partial charge < -0.3 is 9.47 Å². The number of rotatable bonds is 5. The summed E-state index contributed by atoms with van der Waals surface area (Å²) in [6.45, 7) is 0. The Bertz CT molecular complexity index is 405. The van der Waals surface area contributed by atoms with Crippen molar-refractivity contribution in [2.75, 3.05) is 20.0 Å². The molecule has 0 aliphatic heterocycles. The van der Waals surface area contributed by atoms with Crippen LogP contribution < -0.4 is 9.47 Å². The summed E-state index contributed by atoms with van der Waals surface area (Å²) in [5, 5.41) is 0. The van der Waals surface area contributed by atoms with Crippen molar-refractivity contribution in [1.29, 1.82) is 0 Å². The lowest BCUT2D eigenvalue weighted by Crippen LogP contribution is -2.09. The zero-order chi connectivity index (χ0) is 13.8. The molecule has 0 bridgehead atoms. The van der Waals surface area contributed by atoms with E-state index in [1.54, 1.807) is 6.07 Å². The topological polar surface area (TPSA) is 18.5 Å². The minimum absolute atomic E-state index is 0.0986. The molecule has 0 aliphatic carbocycles. The fraction of sp³-hybridized carbons (Fsp3) is 0.500. The third-order valence-corrected chi connectivity index (χ3v) is 2.78. The summed E-state index contributed by atoms with van der Waals surface area (Å²) in [4.78, 5) is 0. The van der Waals surface area contributed by atoms with Crippen LogP contribution in [0.3, 0.4) is 0 Å². The van der Waals surface area contributed by atoms with Crippen molar-refractivity contribution in [2.24, 2.45) is 0 Å². The van der Waals surface area contributed by atoms with Gasteiger partial charge in [-0.1, -0.05) is 0 Å². The molecule has 18 heavy (non-hydrogen) atoms. The van der Waals surface area contributed by atoms with Gasteiger partial charge in [0.05, 0.1) is 14.2 Å². The molecule has 1 rings (SSSR count). The van der Waals surface area contributed by atoms with Crippen molar-refractivity contribution >= 4 is 12.6 Å². The maximum absolute atomic E-state index is 12.9. The first kappa shape index (κ1) is 15.0. The molecular formula is C12H15F3O2S. The van der Waals surface area contributed by atoms with E-state index in [0.29, 0.717) is 24.2 Å². The van der Waals surface area contributed by atoms with Crippen LogP contribution in [0.25, 0.3) is 0 Å². The van der Waals surface area contributed by atoms with Crippen LogP contribution in [0.2, 0.25) is 0 Å². The van der Waals surface area contributed by atoms with Gasteiger partial charge in [0.25, 0.3) is 0 Å². The Morgan fingerprint density at radius 1 is 1.17 bits per heavy atom. The van der Waals surface area contributed by atoms with Crippen LogP contribution in [-0.4, -0.2) is 20.0 Å². The van der Waals surface area contributed by atoms with E-state index in [1.807, 2.05) is 0 Å². The summed E-state index contributed by atoms with van der Waals surface area (Å²) < 4.78 is 48.5. The first-order valence-electron chi connectivity index (χ1n) is 5.37. The number of hydrogen-bond acceptors (Lipinski definition) is 3. The van der Waals surface area contributed by atoms with Gasteiger partial charge in [-0.2, -0.15) is 25.8 Å². The number of aryl methyl sites for hydroxylation is 1. The maximum atomic E-state index is 12.9. The Balaban J connectivity index is 3.27. The highest BCUT2D eigenvalue weighted by Crippen LogP contribution is 2.42. The molecule has 1 aromatic carbocycles. The largest absolute Gasteiger partial charge is 0.493 e. The smallest absolute Gasteiger partial charge is 0.420 e. The van der Waals surface area contributed by atoms with Gasteiger partial charge in [-0.3, -0.25) is 0 Å². The summed E-state index contributed by atoms with van der Waals surface area (Å²) in [5.41, 5.74) is -0.243. The molecule has 0 radical (unpaired) electrons. The normalized spacial score (nSPS) is 11.4. The zero-order valence-electron chi connectivity index (χ0n) is 10.2. The summed E-state index contributed by atoms with van der Waals surface area (Å²) in [6, 6.07) is 2.67. The highest BCUT2D eigenvalue weighted by atomic mass is 32.1. The van der Waals surface area contributed by atoms with E-state index in [9.17, 15) is 13.2 Å². The van der Waals surface area contributed by atoms with E-state index in [-0.39, 0.29) is 11.5 Å². The zero-order valence-corrected chi connectivity index (χ0v) is 11.1. The van der Waals surface area contributed by atoms with E-state index in [0.717, 1.165) is 6.07 Å². The van der Waals surface area contributed by atoms with E-state index in [4.69, 9.17) is 9.47 Å². The number of alkyl halides is 3. The van der Waals surface area contributed by atoms with Crippen molar-refractivity contribution in [2.45, 2.75) is 19.0 Å². The van der Waals surface area contributed by atoms with Gasteiger partial charge in [-0.15, -0.1) is 0 Å². The molecule has 0 unspecified atom stereocenters. The number of ether oxygens (including phenoxy) is 2. The minimum Gasteiger partial charge on any atom is -0.493 e. The fourth-order valence-electron chi connectivity index (χ4n) is 1.66. The Morgan fingerprint density at radius 2 is 1.83 bits per heavy atom. The van der Waals surface area contributed by atoms with Crippen molar-refractivity contribution in [1.82, 2.24) is 0 Å². The third-order valence-electron chi connectivity index (χ3n) is 2.47. The van der Waals surface area contributed by atoms with Crippen molar-refractivity contribution < 1.29 is 22.6 Å². The van der Waals surface area contributed by atoms with Gasteiger partial charge in [-0.25, -0.2) is 0 Å². The van der Waals surface area contributed by atoms with E-state index in [1.165, 1.54) is 14.2 Å². The van der Waals surface area contributed by atoms with Crippen LogP contribution in [0.5, 0.6) is 11.5 Å². The summed E-state index contributed by atoms with van der Waals surface area (Å²) in [6.07, 6.45) is -3.24. The molecule has 2 nitrogen and oxygen atoms in total. The Kier molecular flexibility index (Phi) is 5.19. The van der Waals surface area contributed by atoms with Crippen molar-refractivity contribution in [3.63, 3.8) is 0 Å². The quantitative estimate of drug-likeness (QED) is 0.831. The number of benzene rings is 1. The summed E-state index contributed by atoms with van der Waals surface area (Å²) >= 11 is 4.04. The molecule has 0 saturated carbocycles. The highest BCUT2D eigenvalue weighted by molar-refractivity contribution is 7.80. The molecule has 0 aromatic heterocycles. The monoisotopic (exact) mass is 280 g/mol. The predicted octanol–water partition coefficient (Wildman–Crippen LogP) is 3.59. The molecule has 102 valence electrons. The third kappa shape index (κ3) is 3.48. The standard InChI is InChI=1S/C12H15F3O2S/c1-16-10-7-8(4-3-5-18)6-9(11(10)17-2)12(13,14)15/h6-7,18H,3-5H2,1-2H3. The molecule has 0 amide bonds. The van der Waals surface area contributed by atoms with Crippen molar-refractivity contribution in [3.05, 3.63) is 23.3 Å². The molecule has 0 saturated heterocycles.